The number of methoxy groups -OCH3 is 1. The van der Waals surface area contributed by atoms with Gasteiger partial charge >= 0.3 is 0 Å². The first-order valence-electron chi connectivity index (χ1n) is 10.8. The van der Waals surface area contributed by atoms with E-state index in [-0.39, 0.29) is 5.91 Å². The molecule has 0 aromatic heterocycles. The number of thioether (sulfide) groups is 1. The van der Waals surface area contributed by atoms with Gasteiger partial charge in [-0.25, -0.2) is 0 Å². The predicted octanol–water partition coefficient (Wildman–Crippen LogP) is 5.89. The van der Waals surface area contributed by atoms with Crippen LogP contribution in [0.3, 0.4) is 0 Å². The van der Waals surface area contributed by atoms with E-state index in [1.54, 1.807) is 12.0 Å². The van der Waals surface area contributed by atoms with E-state index in [0.717, 1.165) is 17.7 Å². The lowest BCUT2D eigenvalue weighted by molar-refractivity contribution is -0.121. The van der Waals surface area contributed by atoms with E-state index in [4.69, 9.17) is 26.4 Å². The number of thiocarbonyl (C=S) groups is 1. The van der Waals surface area contributed by atoms with Gasteiger partial charge in [-0.1, -0.05) is 56.0 Å². The van der Waals surface area contributed by atoms with Crippen LogP contribution < -0.4 is 14.2 Å². The average Bonchev–Trinajstić information content (AvgIpc) is 3.08. The fourth-order valence-electron chi connectivity index (χ4n) is 3.26. The molecule has 1 fully saturated rings. The van der Waals surface area contributed by atoms with Crippen molar-refractivity contribution in [1.29, 1.82) is 0 Å². The van der Waals surface area contributed by atoms with Crippen LogP contribution >= 0.6 is 24.0 Å². The molecule has 1 amide bonds. The Kier molecular flexibility index (Phi) is 8.59. The zero-order chi connectivity index (χ0) is 23.1. The molecule has 7 heteroatoms. The van der Waals surface area contributed by atoms with Crippen molar-refractivity contribution in [2.75, 3.05) is 26.9 Å². The van der Waals surface area contributed by atoms with Crippen LogP contribution in [0.25, 0.3) is 6.08 Å². The van der Waals surface area contributed by atoms with Gasteiger partial charge in [-0.15, -0.1) is 0 Å². The third-order valence-electron chi connectivity index (χ3n) is 5.35. The summed E-state index contributed by atoms with van der Waals surface area (Å²) in [6, 6.07) is 13.8. The molecule has 1 unspecified atom stereocenters. The Bertz CT molecular complexity index is 988. The van der Waals surface area contributed by atoms with Gasteiger partial charge in [0, 0.05) is 6.54 Å². The van der Waals surface area contributed by atoms with Crippen molar-refractivity contribution in [3.8, 4) is 17.2 Å². The minimum absolute atomic E-state index is 0.0591. The Hall–Kier alpha value is -2.51. The lowest BCUT2D eigenvalue weighted by atomic mass is 9.99. The fraction of sp³-hybridized carbons (Fsp3) is 0.360. The van der Waals surface area contributed by atoms with Gasteiger partial charge in [0.25, 0.3) is 5.91 Å². The van der Waals surface area contributed by atoms with Crippen LogP contribution in [0, 0.1) is 0 Å². The summed E-state index contributed by atoms with van der Waals surface area (Å²) in [5, 5.41) is 0. The quantitative estimate of drug-likeness (QED) is 0.245. The van der Waals surface area contributed by atoms with Crippen LogP contribution in [0.4, 0.5) is 0 Å². The number of carbonyl (C=O) groups is 1. The third-order valence-corrected chi connectivity index (χ3v) is 6.72. The minimum atomic E-state index is -0.0591. The Balaban J connectivity index is 1.57. The highest BCUT2D eigenvalue weighted by Gasteiger charge is 2.30. The Labute approximate surface area is 199 Å². The molecule has 0 bridgehead atoms. The number of likely N-dealkylation sites (N-methyl/N-ethyl adjacent to an activating group) is 1. The number of rotatable bonds is 10. The number of carbonyl (C=O) groups excluding carboxylic acids is 1. The van der Waals surface area contributed by atoms with Crippen molar-refractivity contribution in [2.45, 2.75) is 33.1 Å². The molecule has 32 heavy (non-hydrogen) atoms. The average molecular weight is 472 g/mol. The highest BCUT2D eigenvalue weighted by atomic mass is 32.2. The topological polar surface area (TPSA) is 48.0 Å². The van der Waals surface area contributed by atoms with Gasteiger partial charge in [0.15, 0.2) is 11.5 Å². The molecule has 0 radical (unpaired) electrons. The van der Waals surface area contributed by atoms with Crippen LogP contribution in [-0.2, 0) is 4.79 Å². The maximum atomic E-state index is 12.4. The number of hydrogen-bond donors (Lipinski definition) is 0. The second-order valence-electron chi connectivity index (χ2n) is 7.41. The second-order valence-corrected chi connectivity index (χ2v) is 9.09. The number of hydrogen-bond acceptors (Lipinski definition) is 6. The lowest BCUT2D eigenvalue weighted by Gasteiger charge is -2.13. The normalized spacial score (nSPS) is 15.9. The van der Waals surface area contributed by atoms with E-state index in [1.807, 2.05) is 43.3 Å². The third kappa shape index (κ3) is 5.84. The van der Waals surface area contributed by atoms with Crippen LogP contribution in [-0.4, -0.2) is 42.0 Å². The number of nitrogens with zero attached hydrogens (tertiary/aromatic N) is 1. The summed E-state index contributed by atoms with van der Waals surface area (Å²) in [6.45, 7) is 7.70. The lowest BCUT2D eigenvalue weighted by Crippen LogP contribution is -2.27. The summed E-state index contributed by atoms with van der Waals surface area (Å²) in [6.07, 6.45) is 2.94. The van der Waals surface area contributed by atoms with Gasteiger partial charge in [0.1, 0.15) is 23.3 Å². The molecule has 2 aromatic carbocycles. The van der Waals surface area contributed by atoms with Gasteiger partial charge < -0.3 is 14.2 Å². The molecule has 170 valence electrons. The summed E-state index contributed by atoms with van der Waals surface area (Å²) < 4.78 is 17.7. The van der Waals surface area contributed by atoms with E-state index >= 15 is 0 Å². The molecule has 1 atom stereocenters. The van der Waals surface area contributed by atoms with E-state index in [1.165, 1.54) is 17.3 Å². The first-order chi connectivity index (χ1) is 15.5. The first kappa shape index (κ1) is 24.1. The molecule has 2 aromatic rings. The molecule has 1 aliphatic heterocycles. The smallest absolute Gasteiger partial charge is 0.266 e. The van der Waals surface area contributed by atoms with Crippen molar-refractivity contribution in [2.24, 2.45) is 0 Å². The highest BCUT2D eigenvalue weighted by molar-refractivity contribution is 8.26. The van der Waals surface area contributed by atoms with Gasteiger partial charge in [0.2, 0.25) is 0 Å². The largest absolute Gasteiger partial charge is 0.493 e. The molecule has 0 aliphatic carbocycles. The van der Waals surface area contributed by atoms with Gasteiger partial charge in [-0.3, -0.25) is 9.69 Å². The molecule has 5 nitrogen and oxygen atoms in total. The van der Waals surface area contributed by atoms with E-state index in [0.29, 0.717) is 46.4 Å². The van der Waals surface area contributed by atoms with E-state index < -0.39 is 0 Å². The molecule has 0 saturated carbocycles. The van der Waals surface area contributed by atoms with Crippen molar-refractivity contribution >= 4 is 40.3 Å². The zero-order valence-corrected chi connectivity index (χ0v) is 20.6. The zero-order valence-electron chi connectivity index (χ0n) is 18.9. The molecule has 0 N–H and O–H groups in total. The highest BCUT2D eigenvalue weighted by Crippen LogP contribution is 2.34. The van der Waals surface area contributed by atoms with Gasteiger partial charge in [-0.05, 0) is 60.7 Å². The molecule has 1 heterocycles. The van der Waals surface area contributed by atoms with Crippen LogP contribution in [0.2, 0.25) is 0 Å². The molecular weight excluding hydrogens is 442 g/mol. The minimum Gasteiger partial charge on any atom is -0.493 e. The summed E-state index contributed by atoms with van der Waals surface area (Å²) in [5.41, 5.74) is 2.17. The number of benzene rings is 2. The van der Waals surface area contributed by atoms with Crippen molar-refractivity contribution < 1.29 is 19.0 Å². The summed E-state index contributed by atoms with van der Waals surface area (Å²) in [5.74, 6) is 2.54. The van der Waals surface area contributed by atoms with Gasteiger partial charge in [-0.2, -0.15) is 0 Å². The van der Waals surface area contributed by atoms with Crippen LogP contribution in [0.5, 0.6) is 17.2 Å². The van der Waals surface area contributed by atoms with Crippen LogP contribution in [0.1, 0.15) is 44.2 Å². The Morgan fingerprint density at radius 3 is 2.41 bits per heavy atom. The van der Waals surface area contributed by atoms with E-state index in [2.05, 4.69) is 26.0 Å². The summed E-state index contributed by atoms with van der Waals surface area (Å²) in [7, 11) is 1.60. The van der Waals surface area contributed by atoms with Crippen LogP contribution in [0.15, 0.2) is 47.4 Å². The number of amides is 1. The molecule has 3 rings (SSSR count). The summed E-state index contributed by atoms with van der Waals surface area (Å²) in [4.78, 5) is 14.6. The molecule has 1 aliphatic rings. The SMILES string of the molecule is CCC(C)c1ccc(OCCOc2ccc(/C=C3\SC(=S)N(CC)C3=O)cc2OC)cc1. The predicted molar refractivity (Wildman–Crippen MR) is 135 cm³/mol. The number of ether oxygens (including phenoxy) is 3. The standard InChI is InChI=1S/C25H29NO4S2/c1-5-17(3)19-8-10-20(11-9-19)29-13-14-30-21-12-7-18(15-22(21)28-4)16-23-24(27)26(6-2)25(31)32-23/h7-12,15-17H,5-6,13-14H2,1-4H3/b23-16-. The maximum Gasteiger partial charge on any atom is 0.266 e. The monoisotopic (exact) mass is 471 g/mol. The van der Waals surface area contributed by atoms with Crippen molar-refractivity contribution in [3.05, 3.63) is 58.5 Å². The fourth-order valence-corrected chi connectivity index (χ4v) is 4.64. The Morgan fingerprint density at radius 1 is 1.06 bits per heavy atom. The summed E-state index contributed by atoms with van der Waals surface area (Å²) >= 11 is 6.59. The van der Waals surface area contributed by atoms with Crippen molar-refractivity contribution in [1.82, 2.24) is 4.90 Å². The molecular formula is C25H29NO4S2. The maximum absolute atomic E-state index is 12.4. The van der Waals surface area contributed by atoms with Crippen molar-refractivity contribution in [3.63, 3.8) is 0 Å². The molecule has 0 spiro atoms. The molecule has 1 saturated heterocycles. The van der Waals surface area contributed by atoms with E-state index in [9.17, 15) is 4.79 Å². The van der Waals surface area contributed by atoms with Gasteiger partial charge in [0.05, 0.1) is 12.0 Å². The first-order valence-corrected chi connectivity index (χ1v) is 12.0. The Morgan fingerprint density at radius 2 is 1.78 bits per heavy atom. The second kappa shape index (κ2) is 11.4.